The first-order valence-corrected chi connectivity index (χ1v) is 8.54. The Labute approximate surface area is 156 Å². The molecule has 3 rings (SSSR count). The van der Waals surface area contributed by atoms with Crippen LogP contribution in [0, 0.1) is 0 Å². The summed E-state index contributed by atoms with van der Waals surface area (Å²) in [5.74, 6) is -0.239. The second-order valence-corrected chi connectivity index (χ2v) is 6.17. The van der Waals surface area contributed by atoms with Crippen LogP contribution in [-0.2, 0) is 16.0 Å². The van der Waals surface area contributed by atoms with Gasteiger partial charge in [0.15, 0.2) is 17.6 Å². The second kappa shape index (κ2) is 8.10. The van der Waals surface area contributed by atoms with Crippen molar-refractivity contribution >= 4 is 23.5 Å². The summed E-state index contributed by atoms with van der Waals surface area (Å²) in [5.41, 5.74) is 1.32. The predicted octanol–water partition coefficient (Wildman–Crippen LogP) is 2.97. The van der Waals surface area contributed by atoms with Gasteiger partial charge in [0.2, 0.25) is 6.79 Å². The number of amides is 1. The average Bonchev–Trinajstić information content (AvgIpc) is 3.11. The first kappa shape index (κ1) is 18.1. The van der Waals surface area contributed by atoms with Crippen LogP contribution < -0.4 is 14.8 Å². The topological polar surface area (TPSA) is 73.9 Å². The molecule has 1 aliphatic heterocycles. The number of halogens is 1. The van der Waals surface area contributed by atoms with Crippen LogP contribution in [0.3, 0.4) is 0 Å². The zero-order chi connectivity index (χ0) is 18.5. The highest BCUT2D eigenvalue weighted by Gasteiger charge is 2.24. The maximum Gasteiger partial charge on any atom is 0.339 e. The smallest absolute Gasteiger partial charge is 0.339 e. The van der Waals surface area contributed by atoms with Crippen molar-refractivity contribution in [2.24, 2.45) is 0 Å². The van der Waals surface area contributed by atoms with Gasteiger partial charge in [-0.05, 0) is 31.0 Å². The van der Waals surface area contributed by atoms with E-state index in [0.29, 0.717) is 24.5 Å². The SMILES string of the molecule is C[C@H](OC(=O)c1cc(Cl)c2c(c1)OCO2)C(=O)NCCc1ccccc1. The molecule has 136 valence electrons. The molecule has 0 spiro atoms. The number of rotatable bonds is 6. The van der Waals surface area contributed by atoms with E-state index in [-0.39, 0.29) is 23.3 Å². The van der Waals surface area contributed by atoms with Crippen molar-refractivity contribution < 1.29 is 23.8 Å². The summed E-state index contributed by atoms with van der Waals surface area (Å²) in [5, 5.41) is 3.01. The van der Waals surface area contributed by atoms with E-state index in [1.807, 2.05) is 30.3 Å². The highest BCUT2D eigenvalue weighted by atomic mass is 35.5. The zero-order valence-electron chi connectivity index (χ0n) is 14.2. The third-order valence-electron chi connectivity index (χ3n) is 3.87. The first-order valence-electron chi connectivity index (χ1n) is 8.16. The highest BCUT2D eigenvalue weighted by molar-refractivity contribution is 6.32. The second-order valence-electron chi connectivity index (χ2n) is 5.77. The lowest BCUT2D eigenvalue weighted by atomic mass is 10.1. The molecule has 2 aromatic carbocycles. The molecule has 1 atom stereocenters. The van der Waals surface area contributed by atoms with Gasteiger partial charge in [0.25, 0.3) is 5.91 Å². The molecule has 0 aliphatic carbocycles. The normalized spacial score (nSPS) is 13.2. The fraction of sp³-hybridized carbons (Fsp3) is 0.263. The fourth-order valence-corrected chi connectivity index (χ4v) is 2.75. The van der Waals surface area contributed by atoms with E-state index in [9.17, 15) is 9.59 Å². The average molecular weight is 376 g/mol. The van der Waals surface area contributed by atoms with E-state index < -0.39 is 12.1 Å². The van der Waals surface area contributed by atoms with Crippen molar-refractivity contribution in [3.05, 3.63) is 58.6 Å². The van der Waals surface area contributed by atoms with Crippen LogP contribution in [0.15, 0.2) is 42.5 Å². The van der Waals surface area contributed by atoms with Crippen molar-refractivity contribution in [3.8, 4) is 11.5 Å². The lowest BCUT2D eigenvalue weighted by Gasteiger charge is -2.14. The van der Waals surface area contributed by atoms with Gasteiger partial charge in [-0.15, -0.1) is 0 Å². The quantitative estimate of drug-likeness (QED) is 0.786. The van der Waals surface area contributed by atoms with Gasteiger partial charge in [-0.3, -0.25) is 4.79 Å². The molecule has 0 saturated heterocycles. The number of hydrogen-bond donors (Lipinski definition) is 1. The van der Waals surface area contributed by atoms with Crippen LogP contribution in [0.5, 0.6) is 11.5 Å². The molecule has 7 heteroatoms. The molecule has 2 aromatic rings. The Morgan fingerprint density at radius 2 is 2.00 bits per heavy atom. The van der Waals surface area contributed by atoms with Crippen LogP contribution in [0.4, 0.5) is 0 Å². The van der Waals surface area contributed by atoms with Gasteiger partial charge in [0.1, 0.15) is 0 Å². The van der Waals surface area contributed by atoms with Gasteiger partial charge in [-0.25, -0.2) is 4.79 Å². The van der Waals surface area contributed by atoms with Crippen molar-refractivity contribution in [2.75, 3.05) is 13.3 Å². The third kappa shape index (κ3) is 4.26. The van der Waals surface area contributed by atoms with Crippen LogP contribution in [0.1, 0.15) is 22.8 Å². The lowest BCUT2D eigenvalue weighted by molar-refractivity contribution is -0.129. The molecule has 0 radical (unpaired) electrons. The molecule has 1 heterocycles. The lowest BCUT2D eigenvalue weighted by Crippen LogP contribution is -2.36. The monoisotopic (exact) mass is 375 g/mol. The molecule has 1 N–H and O–H groups in total. The van der Waals surface area contributed by atoms with Crippen LogP contribution in [0.2, 0.25) is 5.02 Å². The van der Waals surface area contributed by atoms with Crippen molar-refractivity contribution in [2.45, 2.75) is 19.4 Å². The Kier molecular flexibility index (Phi) is 5.63. The van der Waals surface area contributed by atoms with Crippen LogP contribution in [0.25, 0.3) is 0 Å². The minimum absolute atomic E-state index is 0.0494. The van der Waals surface area contributed by atoms with Crippen LogP contribution in [-0.4, -0.2) is 31.3 Å². The summed E-state index contributed by atoms with van der Waals surface area (Å²) < 4.78 is 15.6. The zero-order valence-corrected chi connectivity index (χ0v) is 14.9. The molecule has 6 nitrogen and oxygen atoms in total. The van der Waals surface area contributed by atoms with E-state index in [1.54, 1.807) is 0 Å². The van der Waals surface area contributed by atoms with Gasteiger partial charge in [-0.1, -0.05) is 41.9 Å². The maximum absolute atomic E-state index is 12.2. The largest absolute Gasteiger partial charge is 0.454 e. The van der Waals surface area contributed by atoms with E-state index in [4.69, 9.17) is 25.8 Å². The van der Waals surface area contributed by atoms with E-state index in [1.165, 1.54) is 19.1 Å². The number of hydrogen-bond acceptors (Lipinski definition) is 5. The Morgan fingerprint density at radius 1 is 1.23 bits per heavy atom. The summed E-state index contributed by atoms with van der Waals surface area (Å²) in [6.45, 7) is 2.03. The molecule has 1 aliphatic rings. The standard InChI is InChI=1S/C19H18ClNO5/c1-12(18(22)21-8-7-13-5-3-2-4-6-13)26-19(23)14-9-15(20)17-16(10-14)24-11-25-17/h2-6,9-10,12H,7-8,11H2,1H3,(H,21,22)/t12-/m0/s1. The molecule has 0 bridgehead atoms. The third-order valence-corrected chi connectivity index (χ3v) is 4.15. The van der Waals surface area contributed by atoms with Gasteiger partial charge < -0.3 is 19.5 Å². The van der Waals surface area contributed by atoms with E-state index in [2.05, 4.69) is 5.32 Å². The number of benzene rings is 2. The maximum atomic E-state index is 12.2. The Hall–Kier alpha value is -2.73. The Bertz CT molecular complexity index is 809. The molecule has 0 fully saturated rings. The number of ether oxygens (including phenoxy) is 3. The molecule has 0 aromatic heterocycles. The number of carbonyl (C=O) groups is 2. The summed E-state index contributed by atoms with van der Waals surface area (Å²) >= 11 is 6.05. The first-order chi connectivity index (χ1) is 12.5. The molecular weight excluding hydrogens is 358 g/mol. The van der Waals surface area contributed by atoms with E-state index in [0.717, 1.165) is 5.56 Å². The summed E-state index contributed by atoms with van der Waals surface area (Å²) in [6.07, 6.45) is -0.229. The molecular formula is C19H18ClNO5. The molecule has 1 amide bonds. The number of nitrogens with one attached hydrogen (secondary N) is 1. The Morgan fingerprint density at radius 3 is 2.77 bits per heavy atom. The van der Waals surface area contributed by atoms with Crippen LogP contribution >= 0.6 is 11.6 Å². The Balaban J connectivity index is 1.52. The summed E-state index contributed by atoms with van der Waals surface area (Å²) in [4.78, 5) is 24.3. The predicted molar refractivity (Wildman–Crippen MR) is 95.6 cm³/mol. The van der Waals surface area contributed by atoms with Crippen molar-refractivity contribution in [1.82, 2.24) is 5.32 Å². The number of carbonyl (C=O) groups excluding carboxylic acids is 2. The minimum Gasteiger partial charge on any atom is -0.454 e. The number of esters is 1. The fourth-order valence-electron chi connectivity index (χ4n) is 2.49. The molecule has 0 saturated carbocycles. The number of fused-ring (bicyclic) bond motifs is 1. The van der Waals surface area contributed by atoms with Gasteiger partial charge >= 0.3 is 5.97 Å². The molecule has 26 heavy (non-hydrogen) atoms. The van der Waals surface area contributed by atoms with E-state index >= 15 is 0 Å². The van der Waals surface area contributed by atoms with Crippen molar-refractivity contribution in [3.63, 3.8) is 0 Å². The van der Waals surface area contributed by atoms with Gasteiger partial charge in [0, 0.05) is 6.54 Å². The summed E-state index contributed by atoms with van der Waals surface area (Å²) in [7, 11) is 0. The van der Waals surface area contributed by atoms with Crippen molar-refractivity contribution in [1.29, 1.82) is 0 Å². The molecule has 0 unspecified atom stereocenters. The minimum atomic E-state index is -0.928. The van der Waals surface area contributed by atoms with Gasteiger partial charge in [0.05, 0.1) is 10.6 Å². The van der Waals surface area contributed by atoms with Gasteiger partial charge in [-0.2, -0.15) is 0 Å². The highest BCUT2D eigenvalue weighted by Crippen LogP contribution is 2.39. The summed E-state index contributed by atoms with van der Waals surface area (Å²) in [6, 6.07) is 12.7.